The van der Waals surface area contributed by atoms with Crippen LogP contribution >= 0.6 is 22.9 Å². The van der Waals surface area contributed by atoms with Crippen molar-refractivity contribution in [1.82, 2.24) is 10.2 Å². The van der Waals surface area contributed by atoms with Crippen LogP contribution in [0.25, 0.3) is 0 Å². The number of thiophene rings is 1. The molecule has 1 aromatic heterocycles. The number of likely N-dealkylation sites (tertiary alicyclic amines) is 1. The number of carbonyl (C=O) groups is 2. The lowest BCUT2D eigenvalue weighted by Crippen LogP contribution is -2.43. The Balaban J connectivity index is 1.52. The van der Waals surface area contributed by atoms with E-state index in [0.29, 0.717) is 31.0 Å². The van der Waals surface area contributed by atoms with Crippen LogP contribution in [0.5, 0.6) is 0 Å². The van der Waals surface area contributed by atoms with Gasteiger partial charge in [-0.05, 0) is 48.9 Å². The second kappa shape index (κ2) is 8.02. The van der Waals surface area contributed by atoms with Crippen LogP contribution in [0.3, 0.4) is 0 Å². The molecule has 0 unspecified atom stereocenters. The monoisotopic (exact) mass is 376 g/mol. The standard InChI is InChI=1S/C19H21ClN2O2S/c1-13(15-4-2-5-16(20)12-15)21-18(23)14-7-9-22(10-8-14)19(24)17-6-3-11-25-17/h2-6,11-14H,7-10H2,1H3,(H,21,23)/t13-/m1/s1. The average Bonchev–Trinajstić information content (AvgIpc) is 3.16. The molecule has 2 heterocycles. The molecular formula is C19H21ClN2O2S. The Hall–Kier alpha value is -1.85. The normalized spacial score (nSPS) is 16.5. The summed E-state index contributed by atoms with van der Waals surface area (Å²) in [5, 5.41) is 5.64. The molecule has 25 heavy (non-hydrogen) atoms. The molecule has 2 amide bonds. The summed E-state index contributed by atoms with van der Waals surface area (Å²) in [7, 11) is 0. The molecule has 4 nitrogen and oxygen atoms in total. The fourth-order valence-electron chi connectivity index (χ4n) is 3.09. The Kier molecular flexibility index (Phi) is 5.76. The first-order chi connectivity index (χ1) is 12.0. The SMILES string of the molecule is C[C@@H](NC(=O)C1CCN(C(=O)c2cccs2)CC1)c1cccc(Cl)c1. The van der Waals surface area contributed by atoms with Crippen LogP contribution in [0.2, 0.25) is 5.02 Å². The van der Waals surface area contributed by atoms with E-state index < -0.39 is 0 Å². The highest BCUT2D eigenvalue weighted by Crippen LogP contribution is 2.23. The molecule has 0 spiro atoms. The van der Waals surface area contributed by atoms with E-state index in [9.17, 15) is 9.59 Å². The number of rotatable bonds is 4. The second-order valence-corrected chi connectivity index (χ2v) is 7.71. The predicted octanol–water partition coefficient (Wildman–Crippen LogP) is 4.13. The smallest absolute Gasteiger partial charge is 0.263 e. The van der Waals surface area contributed by atoms with E-state index in [0.717, 1.165) is 10.4 Å². The zero-order chi connectivity index (χ0) is 17.8. The minimum absolute atomic E-state index is 0.0472. The van der Waals surface area contributed by atoms with Crippen LogP contribution in [0, 0.1) is 5.92 Å². The summed E-state index contributed by atoms with van der Waals surface area (Å²) in [6, 6.07) is 11.2. The van der Waals surface area contributed by atoms with E-state index in [1.807, 2.05) is 53.6 Å². The predicted molar refractivity (Wildman–Crippen MR) is 101 cm³/mol. The van der Waals surface area contributed by atoms with Crippen molar-refractivity contribution in [3.8, 4) is 0 Å². The van der Waals surface area contributed by atoms with Gasteiger partial charge in [-0.1, -0.05) is 29.8 Å². The Bertz CT molecular complexity index is 740. The number of nitrogens with one attached hydrogen (secondary N) is 1. The molecule has 0 aliphatic carbocycles. The van der Waals surface area contributed by atoms with Crippen molar-refractivity contribution >= 4 is 34.8 Å². The highest BCUT2D eigenvalue weighted by Gasteiger charge is 2.28. The van der Waals surface area contributed by atoms with Crippen molar-refractivity contribution in [1.29, 1.82) is 0 Å². The van der Waals surface area contributed by atoms with Crippen molar-refractivity contribution in [3.05, 3.63) is 57.2 Å². The number of carbonyl (C=O) groups excluding carboxylic acids is 2. The molecule has 0 saturated carbocycles. The quantitative estimate of drug-likeness (QED) is 0.872. The summed E-state index contributed by atoms with van der Waals surface area (Å²) in [5.41, 5.74) is 0.992. The summed E-state index contributed by atoms with van der Waals surface area (Å²) in [6.07, 6.45) is 1.40. The average molecular weight is 377 g/mol. The summed E-state index contributed by atoms with van der Waals surface area (Å²) in [6.45, 7) is 3.21. The Labute approximate surface area is 156 Å². The highest BCUT2D eigenvalue weighted by atomic mass is 35.5. The molecule has 1 saturated heterocycles. The minimum Gasteiger partial charge on any atom is -0.349 e. The Morgan fingerprint density at radius 1 is 1.24 bits per heavy atom. The third-order valence-corrected chi connectivity index (χ3v) is 5.69. The Morgan fingerprint density at radius 3 is 2.64 bits per heavy atom. The molecule has 0 bridgehead atoms. The number of benzene rings is 1. The molecule has 1 aliphatic heterocycles. The minimum atomic E-state index is -0.0861. The summed E-state index contributed by atoms with van der Waals surface area (Å²) in [4.78, 5) is 27.5. The van der Waals surface area contributed by atoms with E-state index in [1.165, 1.54) is 11.3 Å². The van der Waals surface area contributed by atoms with Crippen LogP contribution in [0.1, 0.15) is 41.0 Å². The van der Waals surface area contributed by atoms with Gasteiger partial charge < -0.3 is 10.2 Å². The van der Waals surface area contributed by atoms with E-state index in [1.54, 1.807) is 0 Å². The van der Waals surface area contributed by atoms with Gasteiger partial charge in [-0.2, -0.15) is 0 Å². The lowest BCUT2D eigenvalue weighted by molar-refractivity contribution is -0.126. The highest BCUT2D eigenvalue weighted by molar-refractivity contribution is 7.12. The van der Waals surface area contributed by atoms with Gasteiger partial charge in [0.1, 0.15) is 0 Å². The number of nitrogens with zero attached hydrogens (tertiary/aromatic N) is 1. The molecule has 1 N–H and O–H groups in total. The van der Waals surface area contributed by atoms with Gasteiger partial charge in [0.25, 0.3) is 5.91 Å². The van der Waals surface area contributed by atoms with Gasteiger partial charge in [-0.25, -0.2) is 0 Å². The van der Waals surface area contributed by atoms with Gasteiger partial charge in [-0.3, -0.25) is 9.59 Å². The molecule has 3 rings (SSSR count). The van der Waals surface area contributed by atoms with Gasteiger partial charge in [0.05, 0.1) is 10.9 Å². The molecule has 6 heteroatoms. The van der Waals surface area contributed by atoms with Crippen molar-refractivity contribution in [2.75, 3.05) is 13.1 Å². The first-order valence-electron chi connectivity index (χ1n) is 8.43. The second-order valence-electron chi connectivity index (χ2n) is 6.33. The maximum Gasteiger partial charge on any atom is 0.263 e. The van der Waals surface area contributed by atoms with Crippen molar-refractivity contribution < 1.29 is 9.59 Å². The topological polar surface area (TPSA) is 49.4 Å². The Morgan fingerprint density at radius 2 is 2.00 bits per heavy atom. The third-order valence-electron chi connectivity index (χ3n) is 4.59. The van der Waals surface area contributed by atoms with Crippen LogP contribution in [-0.2, 0) is 4.79 Å². The number of halogens is 1. The van der Waals surface area contributed by atoms with Gasteiger partial charge >= 0.3 is 0 Å². The molecule has 2 aromatic rings. The fourth-order valence-corrected chi connectivity index (χ4v) is 3.98. The number of piperidine rings is 1. The van der Waals surface area contributed by atoms with Gasteiger partial charge in [0.2, 0.25) is 5.91 Å². The lowest BCUT2D eigenvalue weighted by Gasteiger charge is -2.31. The van der Waals surface area contributed by atoms with Crippen molar-refractivity contribution in [3.63, 3.8) is 0 Å². The maximum atomic E-state index is 12.5. The summed E-state index contributed by atoms with van der Waals surface area (Å²) in [5.74, 6) is 0.0749. The summed E-state index contributed by atoms with van der Waals surface area (Å²) < 4.78 is 0. The summed E-state index contributed by atoms with van der Waals surface area (Å²) >= 11 is 7.47. The van der Waals surface area contributed by atoms with Crippen LogP contribution in [0.4, 0.5) is 0 Å². The van der Waals surface area contributed by atoms with E-state index in [2.05, 4.69) is 5.32 Å². The largest absolute Gasteiger partial charge is 0.349 e. The zero-order valence-electron chi connectivity index (χ0n) is 14.1. The number of hydrogen-bond acceptors (Lipinski definition) is 3. The van der Waals surface area contributed by atoms with Gasteiger partial charge in [0.15, 0.2) is 0 Å². The lowest BCUT2D eigenvalue weighted by atomic mass is 9.95. The first-order valence-corrected chi connectivity index (χ1v) is 9.69. The van der Waals surface area contributed by atoms with E-state index >= 15 is 0 Å². The van der Waals surface area contributed by atoms with E-state index in [4.69, 9.17) is 11.6 Å². The van der Waals surface area contributed by atoms with Gasteiger partial charge in [0, 0.05) is 24.0 Å². The fraction of sp³-hybridized carbons (Fsp3) is 0.368. The maximum absolute atomic E-state index is 12.5. The van der Waals surface area contributed by atoms with E-state index in [-0.39, 0.29) is 23.8 Å². The first kappa shape index (κ1) is 18.0. The molecule has 1 aromatic carbocycles. The molecule has 132 valence electrons. The molecule has 0 radical (unpaired) electrons. The van der Waals surface area contributed by atoms with Crippen molar-refractivity contribution in [2.24, 2.45) is 5.92 Å². The number of hydrogen-bond donors (Lipinski definition) is 1. The van der Waals surface area contributed by atoms with Crippen LogP contribution in [-0.4, -0.2) is 29.8 Å². The number of amides is 2. The van der Waals surface area contributed by atoms with Crippen LogP contribution < -0.4 is 5.32 Å². The molecular weight excluding hydrogens is 356 g/mol. The zero-order valence-corrected chi connectivity index (χ0v) is 15.6. The molecule has 1 aliphatic rings. The van der Waals surface area contributed by atoms with Gasteiger partial charge in [-0.15, -0.1) is 11.3 Å². The van der Waals surface area contributed by atoms with Crippen molar-refractivity contribution in [2.45, 2.75) is 25.8 Å². The molecule has 1 fully saturated rings. The van der Waals surface area contributed by atoms with Crippen LogP contribution in [0.15, 0.2) is 41.8 Å². The third kappa shape index (κ3) is 4.41. The molecule has 1 atom stereocenters.